The van der Waals surface area contributed by atoms with E-state index in [1.165, 1.54) is 25.7 Å². The maximum absolute atomic E-state index is 11.6. The number of benzene rings is 1. The average Bonchev–Trinajstić information content (AvgIpc) is 2.51. The lowest BCUT2D eigenvalue weighted by Crippen LogP contribution is -2.61. The molecule has 4 heteroatoms. The number of aromatic carboxylic acids is 1. The molecule has 27 heavy (non-hydrogen) atoms. The van der Waals surface area contributed by atoms with E-state index < -0.39 is 5.97 Å². The molecule has 1 aliphatic heterocycles. The zero-order valence-corrected chi connectivity index (χ0v) is 17.2. The molecule has 4 rings (SSSR count). The molecule has 148 valence electrons. The highest BCUT2D eigenvalue weighted by atomic mass is 16.5. The van der Waals surface area contributed by atoms with Crippen molar-refractivity contribution in [3.05, 3.63) is 22.8 Å². The van der Waals surface area contributed by atoms with Crippen molar-refractivity contribution in [1.82, 2.24) is 0 Å². The molecule has 4 nitrogen and oxygen atoms in total. The molecule has 0 bridgehead atoms. The van der Waals surface area contributed by atoms with Gasteiger partial charge in [-0.15, -0.1) is 0 Å². The lowest BCUT2D eigenvalue weighted by atomic mass is 9.44. The molecule has 2 saturated carbocycles. The maximum atomic E-state index is 11.6. The Balaban J connectivity index is 1.83. The number of phenols is 1. The molecule has 2 fully saturated rings. The molecule has 2 N–H and O–H groups in total. The van der Waals surface area contributed by atoms with Crippen LogP contribution in [0.25, 0.3) is 0 Å². The Morgan fingerprint density at radius 1 is 1.15 bits per heavy atom. The zero-order valence-electron chi connectivity index (χ0n) is 17.2. The average molecular weight is 373 g/mol. The van der Waals surface area contributed by atoms with Gasteiger partial charge in [-0.2, -0.15) is 0 Å². The first kappa shape index (κ1) is 18.6. The first-order chi connectivity index (χ1) is 12.5. The minimum absolute atomic E-state index is 0.0161. The lowest BCUT2D eigenvalue weighted by molar-refractivity contribution is -0.162. The van der Waals surface area contributed by atoms with E-state index >= 15 is 0 Å². The molecule has 2 aliphatic carbocycles. The van der Waals surface area contributed by atoms with Gasteiger partial charge in [0.05, 0.1) is 0 Å². The van der Waals surface area contributed by atoms with E-state index in [9.17, 15) is 15.0 Å². The van der Waals surface area contributed by atoms with Crippen LogP contribution in [0.5, 0.6) is 11.5 Å². The van der Waals surface area contributed by atoms with Gasteiger partial charge in [0.2, 0.25) is 0 Å². The highest BCUT2D eigenvalue weighted by molar-refractivity contribution is 5.93. The van der Waals surface area contributed by atoms with Crippen molar-refractivity contribution >= 4 is 5.97 Å². The molecule has 1 aromatic rings. The molecule has 4 atom stereocenters. The van der Waals surface area contributed by atoms with Gasteiger partial charge in [-0.05, 0) is 74.3 Å². The second-order valence-electron chi connectivity index (χ2n) is 10.3. The summed E-state index contributed by atoms with van der Waals surface area (Å²) in [6.45, 7) is 11.2. The van der Waals surface area contributed by atoms with Crippen molar-refractivity contribution in [3.63, 3.8) is 0 Å². The Bertz CT molecular complexity index is 811. The van der Waals surface area contributed by atoms with Crippen LogP contribution in [-0.4, -0.2) is 21.8 Å². The maximum Gasteiger partial charge on any atom is 0.339 e. The molecular formula is C23H32O4. The van der Waals surface area contributed by atoms with Crippen molar-refractivity contribution in [2.24, 2.45) is 22.7 Å². The van der Waals surface area contributed by atoms with Crippen LogP contribution in [0.3, 0.4) is 0 Å². The second-order valence-corrected chi connectivity index (χ2v) is 10.3. The van der Waals surface area contributed by atoms with E-state index in [1.54, 1.807) is 13.0 Å². The molecule has 0 amide bonds. The second kappa shape index (κ2) is 5.65. The third-order valence-corrected chi connectivity index (χ3v) is 8.27. The quantitative estimate of drug-likeness (QED) is 0.699. The van der Waals surface area contributed by atoms with E-state index in [1.807, 2.05) is 0 Å². The normalized spacial score (nSPS) is 36.8. The standard InChI is InChI=1S/C23H32O4/c1-13-11-15-14(19(24)18(13)20(25)26)12-17-22(4)9-6-8-21(2,3)16(22)7-10-23(17,5)27-15/h11,16-17,24H,6-10,12H2,1-5H3,(H,25,26)/t16-,17+,22-,23+/m1/s1. The fourth-order valence-electron chi connectivity index (χ4n) is 7.00. The fraction of sp³-hybridized carbons (Fsp3) is 0.696. The topological polar surface area (TPSA) is 66.8 Å². The number of hydrogen-bond donors (Lipinski definition) is 2. The van der Waals surface area contributed by atoms with Crippen LogP contribution in [0.1, 0.15) is 81.3 Å². The molecular weight excluding hydrogens is 340 g/mol. The summed E-state index contributed by atoms with van der Waals surface area (Å²) in [5, 5.41) is 20.3. The Labute approximate surface area is 161 Å². The Kier molecular flexibility index (Phi) is 3.90. The number of carbonyl (C=O) groups is 1. The minimum atomic E-state index is -1.08. The summed E-state index contributed by atoms with van der Waals surface area (Å²) in [6.07, 6.45) is 6.55. The van der Waals surface area contributed by atoms with Gasteiger partial charge in [0.1, 0.15) is 22.7 Å². The molecule has 3 aliphatic rings. The summed E-state index contributed by atoms with van der Waals surface area (Å²) in [5.74, 6) is 0.415. The fourth-order valence-corrected chi connectivity index (χ4v) is 7.00. The van der Waals surface area contributed by atoms with Gasteiger partial charge in [0.25, 0.3) is 0 Å². The molecule has 0 spiro atoms. The number of aromatic hydroxyl groups is 1. The molecule has 0 radical (unpaired) electrons. The predicted molar refractivity (Wildman–Crippen MR) is 104 cm³/mol. The first-order valence-corrected chi connectivity index (χ1v) is 10.3. The summed E-state index contributed by atoms with van der Waals surface area (Å²) in [5.41, 5.74) is 1.46. The molecule has 1 heterocycles. The van der Waals surface area contributed by atoms with Crippen molar-refractivity contribution < 1.29 is 19.7 Å². The summed E-state index contributed by atoms with van der Waals surface area (Å²) in [6, 6.07) is 1.80. The zero-order chi connectivity index (χ0) is 19.8. The SMILES string of the molecule is Cc1cc2c(c(O)c1C(=O)O)C[C@H]1[C@]3(C)CCCC(C)(C)[C@H]3CC[C@]1(C)O2. The van der Waals surface area contributed by atoms with Crippen LogP contribution in [0.4, 0.5) is 0 Å². The van der Waals surface area contributed by atoms with Gasteiger partial charge in [0, 0.05) is 11.5 Å². The van der Waals surface area contributed by atoms with Crippen molar-refractivity contribution in [3.8, 4) is 11.5 Å². The Hall–Kier alpha value is -1.71. The lowest BCUT2D eigenvalue weighted by Gasteiger charge is -2.63. The highest BCUT2D eigenvalue weighted by Crippen LogP contribution is 2.65. The number of fused-ring (bicyclic) bond motifs is 4. The summed E-state index contributed by atoms with van der Waals surface area (Å²) in [7, 11) is 0. The number of hydrogen-bond acceptors (Lipinski definition) is 3. The van der Waals surface area contributed by atoms with Crippen LogP contribution >= 0.6 is 0 Å². The Morgan fingerprint density at radius 2 is 1.85 bits per heavy atom. The van der Waals surface area contributed by atoms with Crippen LogP contribution in [0.2, 0.25) is 0 Å². The smallest absolute Gasteiger partial charge is 0.339 e. The predicted octanol–water partition coefficient (Wildman–Crippen LogP) is 5.34. The number of ether oxygens (including phenoxy) is 1. The molecule has 0 aromatic heterocycles. The minimum Gasteiger partial charge on any atom is -0.507 e. The van der Waals surface area contributed by atoms with Crippen LogP contribution in [0, 0.1) is 29.6 Å². The molecule has 1 aromatic carbocycles. The van der Waals surface area contributed by atoms with Gasteiger partial charge in [0.15, 0.2) is 0 Å². The van der Waals surface area contributed by atoms with E-state index in [0.29, 0.717) is 34.6 Å². The molecule has 0 unspecified atom stereocenters. The highest BCUT2D eigenvalue weighted by Gasteiger charge is 2.60. The first-order valence-electron chi connectivity index (χ1n) is 10.3. The summed E-state index contributed by atoms with van der Waals surface area (Å²) < 4.78 is 6.55. The third kappa shape index (κ3) is 2.51. The summed E-state index contributed by atoms with van der Waals surface area (Å²) in [4.78, 5) is 11.6. The van der Waals surface area contributed by atoms with Gasteiger partial charge in [-0.25, -0.2) is 4.79 Å². The number of carboxylic acids is 1. The van der Waals surface area contributed by atoms with Crippen LogP contribution in [-0.2, 0) is 6.42 Å². The van der Waals surface area contributed by atoms with Crippen molar-refractivity contribution in [2.75, 3.05) is 0 Å². The van der Waals surface area contributed by atoms with Crippen molar-refractivity contribution in [2.45, 2.75) is 78.7 Å². The monoisotopic (exact) mass is 372 g/mol. The van der Waals surface area contributed by atoms with Gasteiger partial charge >= 0.3 is 5.97 Å². The van der Waals surface area contributed by atoms with Gasteiger partial charge in [-0.1, -0.05) is 27.2 Å². The largest absolute Gasteiger partial charge is 0.507 e. The van der Waals surface area contributed by atoms with E-state index in [-0.39, 0.29) is 28.2 Å². The number of rotatable bonds is 1. The van der Waals surface area contributed by atoms with E-state index in [4.69, 9.17) is 4.74 Å². The van der Waals surface area contributed by atoms with Gasteiger partial charge in [-0.3, -0.25) is 0 Å². The van der Waals surface area contributed by atoms with E-state index in [0.717, 1.165) is 6.42 Å². The van der Waals surface area contributed by atoms with Crippen LogP contribution < -0.4 is 4.74 Å². The molecule has 0 saturated heterocycles. The van der Waals surface area contributed by atoms with E-state index in [2.05, 4.69) is 27.7 Å². The number of aryl methyl sites for hydroxylation is 1. The van der Waals surface area contributed by atoms with Gasteiger partial charge < -0.3 is 14.9 Å². The Morgan fingerprint density at radius 3 is 2.52 bits per heavy atom. The van der Waals surface area contributed by atoms with Crippen LogP contribution in [0.15, 0.2) is 6.07 Å². The third-order valence-electron chi connectivity index (χ3n) is 8.27. The number of carboxylic acid groups (broad SMARTS) is 1. The summed E-state index contributed by atoms with van der Waals surface area (Å²) >= 11 is 0. The van der Waals surface area contributed by atoms with Crippen molar-refractivity contribution in [1.29, 1.82) is 0 Å².